The standard InChI is InChI=1S/C21H28O3/c1-6-8-9-11-19(22)21(3,4)20(10-7-2)24-16-17-12-14-18(23-5)15-13-17/h1,7-10,12-15,19-20,22H,11,16H2,2-5H3/b9-8-,10-7+/t19-,20-/m0/s1. The second kappa shape index (κ2) is 9.97. The third kappa shape index (κ3) is 5.88. The van der Waals surface area contributed by atoms with Gasteiger partial charge in [-0.1, -0.05) is 50.1 Å². The number of aliphatic hydroxyl groups is 1. The summed E-state index contributed by atoms with van der Waals surface area (Å²) >= 11 is 0. The summed E-state index contributed by atoms with van der Waals surface area (Å²) in [4.78, 5) is 0. The highest BCUT2D eigenvalue weighted by Gasteiger charge is 2.35. The summed E-state index contributed by atoms with van der Waals surface area (Å²) in [6, 6.07) is 7.78. The largest absolute Gasteiger partial charge is 0.497 e. The number of benzene rings is 1. The summed E-state index contributed by atoms with van der Waals surface area (Å²) in [5, 5.41) is 10.5. The van der Waals surface area contributed by atoms with Gasteiger partial charge in [0, 0.05) is 5.41 Å². The third-order valence-electron chi connectivity index (χ3n) is 4.12. The van der Waals surface area contributed by atoms with Gasteiger partial charge in [0.25, 0.3) is 0 Å². The van der Waals surface area contributed by atoms with Crippen molar-refractivity contribution < 1.29 is 14.6 Å². The van der Waals surface area contributed by atoms with Crippen molar-refractivity contribution in [1.82, 2.24) is 0 Å². The van der Waals surface area contributed by atoms with Crippen LogP contribution in [0.5, 0.6) is 5.75 Å². The lowest BCUT2D eigenvalue weighted by Crippen LogP contribution is -2.40. The molecule has 0 unspecified atom stereocenters. The van der Waals surface area contributed by atoms with E-state index in [4.69, 9.17) is 15.9 Å². The Bertz CT molecular complexity index is 576. The maximum Gasteiger partial charge on any atom is 0.118 e. The van der Waals surface area contributed by atoms with Crippen LogP contribution in [0.2, 0.25) is 0 Å². The minimum atomic E-state index is -0.556. The third-order valence-corrected chi connectivity index (χ3v) is 4.12. The van der Waals surface area contributed by atoms with Gasteiger partial charge in [0.2, 0.25) is 0 Å². The van der Waals surface area contributed by atoms with Crippen LogP contribution in [-0.2, 0) is 11.3 Å². The molecular formula is C21H28O3. The maximum absolute atomic E-state index is 10.5. The highest BCUT2D eigenvalue weighted by atomic mass is 16.5. The van der Waals surface area contributed by atoms with E-state index in [0.717, 1.165) is 11.3 Å². The van der Waals surface area contributed by atoms with Gasteiger partial charge >= 0.3 is 0 Å². The molecule has 0 heterocycles. The van der Waals surface area contributed by atoms with Gasteiger partial charge in [-0.05, 0) is 37.1 Å². The molecule has 3 heteroatoms. The maximum atomic E-state index is 10.5. The van der Waals surface area contributed by atoms with Gasteiger partial charge in [0.15, 0.2) is 0 Å². The van der Waals surface area contributed by atoms with E-state index in [1.807, 2.05) is 63.3 Å². The van der Waals surface area contributed by atoms with Crippen LogP contribution in [0.1, 0.15) is 32.8 Å². The molecule has 0 radical (unpaired) electrons. The average molecular weight is 328 g/mol. The van der Waals surface area contributed by atoms with E-state index < -0.39 is 11.5 Å². The Labute approximate surface area is 146 Å². The van der Waals surface area contributed by atoms with Gasteiger partial charge in [-0.15, -0.1) is 6.42 Å². The summed E-state index contributed by atoms with van der Waals surface area (Å²) in [5.41, 5.74) is 0.612. The smallest absolute Gasteiger partial charge is 0.118 e. The van der Waals surface area contributed by atoms with E-state index in [0.29, 0.717) is 13.0 Å². The summed E-state index contributed by atoms with van der Waals surface area (Å²) in [7, 11) is 1.64. The number of terminal acetylenes is 1. The molecule has 3 nitrogen and oxygen atoms in total. The van der Waals surface area contributed by atoms with E-state index in [1.165, 1.54) is 0 Å². The van der Waals surface area contributed by atoms with Crippen molar-refractivity contribution in [3.63, 3.8) is 0 Å². The van der Waals surface area contributed by atoms with E-state index in [-0.39, 0.29) is 6.10 Å². The molecule has 0 saturated heterocycles. The van der Waals surface area contributed by atoms with Crippen LogP contribution < -0.4 is 4.74 Å². The van der Waals surface area contributed by atoms with Crippen molar-refractivity contribution in [3.05, 3.63) is 54.1 Å². The molecule has 2 atom stereocenters. The summed E-state index contributed by atoms with van der Waals surface area (Å²) in [5.74, 6) is 3.26. The molecule has 1 aromatic carbocycles. The molecule has 0 amide bonds. The van der Waals surface area contributed by atoms with Crippen molar-refractivity contribution >= 4 is 0 Å². The van der Waals surface area contributed by atoms with Crippen LogP contribution in [0.25, 0.3) is 0 Å². The van der Waals surface area contributed by atoms with Crippen LogP contribution in [-0.4, -0.2) is 24.4 Å². The fourth-order valence-electron chi connectivity index (χ4n) is 2.36. The molecule has 0 fully saturated rings. The molecule has 24 heavy (non-hydrogen) atoms. The Morgan fingerprint density at radius 3 is 2.50 bits per heavy atom. The molecular weight excluding hydrogens is 300 g/mol. The molecule has 0 aliphatic carbocycles. The zero-order chi connectivity index (χ0) is 18.0. The monoisotopic (exact) mass is 328 g/mol. The zero-order valence-corrected chi connectivity index (χ0v) is 15.0. The van der Waals surface area contributed by atoms with Gasteiger partial charge < -0.3 is 14.6 Å². The lowest BCUT2D eigenvalue weighted by molar-refractivity contribution is -0.0669. The van der Waals surface area contributed by atoms with Crippen LogP contribution >= 0.6 is 0 Å². The molecule has 0 spiro atoms. The van der Waals surface area contributed by atoms with Gasteiger partial charge in [0.1, 0.15) is 5.75 Å². The number of hydrogen-bond acceptors (Lipinski definition) is 3. The first kappa shape index (κ1) is 20.0. The fourth-order valence-corrected chi connectivity index (χ4v) is 2.36. The van der Waals surface area contributed by atoms with Gasteiger partial charge in [-0.3, -0.25) is 0 Å². The molecule has 0 bridgehead atoms. The van der Waals surface area contributed by atoms with Crippen molar-refractivity contribution in [2.75, 3.05) is 7.11 Å². The molecule has 130 valence electrons. The van der Waals surface area contributed by atoms with Crippen LogP contribution in [0.4, 0.5) is 0 Å². The number of hydrogen-bond donors (Lipinski definition) is 1. The van der Waals surface area contributed by atoms with Gasteiger partial charge in [0.05, 0.1) is 25.9 Å². The summed E-state index contributed by atoms with van der Waals surface area (Å²) < 4.78 is 11.2. The Hall–Kier alpha value is -2.02. The average Bonchev–Trinajstić information content (AvgIpc) is 2.59. The Morgan fingerprint density at radius 1 is 1.29 bits per heavy atom. The number of rotatable bonds is 9. The van der Waals surface area contributed by atoms with Crippen LogP contribution in [0.15, 0.2) is 48.6 Å². The predicted octanol–water partition coefficient (Wildman–Crippen LogP) is 4.12. The topological polar surface area (TPSA) is 38.7 Å². The van der Waals surface area contributed by atoms with E-state index in [9.17, 15) is 5.11 Å². The first-order chi connectivity index (χ1) is 11.5. The van der Waals surface area contributed by atoms with Crippen LogP contribution in [0, 0.1) is 17.8 Å². The first-order valence-corrected chi connectivity index (χ1v) is 8.12. The Morgan fingerprint density at radius 2 is 1.96 bits per heavy atom. The molecule has 0 aromatic heterocycles. The second-order valence-electron chi connectivity index (χ2n) is 6.25. The lowest BCUT2D eigenvalue weighted by Gasteiger charge is -2.36. The number of aliphatic hydroxyl groups excluding tert-OH is 1. The number of ether oxygens (including phenoxy) is 2. The number of methoxy groups -OCH3 is 1. The van der Waals surface area contributed by atoms with Crippen molar-refractivity contribution in [2.24, 2.45) is 5.41 Å². The van der Waals surface area contributed by atoms with Crippen molar-refractivity contribution in [3.8, 4) is 18.1 Å². The normalized spacial score (nSPS) is 14.7. The minimum Gasteiger partial charge on any atom is -0.497 e. The molecule has 0 aliphatic rings. The minimum absolute atomic E-state index is 0.209. The number of allylic oxidation sites excluding steroid dienone is 2. The second-order valence-corrected chi connectivity index (χ2v) is 6.25. The van der Waals surface area contributed by atoms with Crippen LogP contribution in [0.3, 0.4) is 0 Å². The van der Waals surface area contributed by atoms with Crippen molar-refractivity contribution in [2.45, 2.75) is 46.0 Å². The summed E-state index contributed by atoms with van der Waals surface area (Å²) in [6.45, 7) is 6.42. The lowest BCUT2D eigenvalue weighted by atomic mass is 9.79. The van der Waals surface area contributed by atoms with E-state index >= 15 is 0 Å². The zero-order valence-electron chi connectivity index (χ0n) is 15.0. The summed E-state index contributed by atoms with van der Waals surface area (Å²) in [6.07, 6.45) is 12.3. The van der Waals surface area contributed by atoms with E-state index in [1.54, 1.807) is 13.2 Å². The predicted molar refractivity (Wildman–Crippen MR) is 98.8 cm³/mol. The quantitative estimate of drug-likeness (QED) is 0.547. The highest BCUT2D eigenvalue weighted by Crippen LogP contribution is 2.31. The first-order valence-electron chi connectivity index (χ1n) is 8.12. The highest BCUT2D eigenvalue weighted by molar-refractivity contribution is 5.26. The molecule has 0 aliphatic heterocycles. The van der Waals surface area contributed by atoms with Gasteiger partial charge in [-0.25, -0.2) is 0 Å². The molecule has 1 aromatic rings. The van der Waals surface area contributed by atoms with Gasteiger partial charge in [-0.2, -0.15) is 0 Å². The molecule has 1 rings (SSSR count). The Balaban J connectivity index is 2.76. The Kier molecular flexibility index (Phi) is 8.32. The van der Waals surface area contributed by atoms with Crippen molar-refractivity contribution in [1.29, 1.82) is 0 Å². The fraction of sp³-hybridized carbons (Fsp3) is 0.429. The van der Waals surface area contributed by atoms with E-state index in [2.05, 4.69) is 5.92 Å². The molecule has 1 N–H and O–H groups in total. The molecule has 0 saturated carbocycles. The SMILES string of the molecule is C#C/C=C\C[C@H](O)C(C)(C)[C@H](/C=C/C)OCc1ccc(OC)cc1.